The van der Waals surface area contributed by atoms with Crippen molar-refractivity contribution in [2.45, 2.75) is 45.6 Å². The van der Waals surface area contributed by atoms with Crippen LogP contribution in [0.5, 0.6) is 0 Å². The van der Waals surface area contributed by atoms with Gasteiger partial charge in [0.25, 0.3) is 0 Å². The van der Waals surface area contributed by atoms with Gasteiger partial charge in [-0.2, -0.15) is 0 Å². The summed E-state index contributed by atoms with van der Waals surface area (Å²) < 4.78 is 35.1. The van der Waals surface area contributed by atoms with E-state index in [1.165, 1.54) is 60.8 Å². The van der Waals surface area contributed by atoms with Crippen molar-refractivity contribution in [3.05, 3.63) is 70.3 Å². The Morgan fingerprint density at radius 2 is 1.52 bits per heavy atom. The van der Waals surface area contributed by atoms with Crippen LogP contribution in [0.3, 0.4) is 0 Å². The Balaban J connectivity index is 0.00000300. The molecule has 1 aliphatic heterocycles. The molecule has 0 bridgehead atoms. The number of ether oxygens (including phenoxy) is 1. The lowest BCUT2D eigenvalue weighted by Gasteiger charge is -2.34. The molecule has 3 rings (SSSR count). The first-order valence-electron chi connectivity index (χ1n) is 10.3. The second-order valence-electron chi connectivity index (χ2n) is 8.43. The van der Waals surface area contributed by atoms with Crippen LogP contribution in [0.1, 0.15) is 47.6 Å². The molecular formula is C24H32F2INO. The van der Waals surface area contributed by atoms with E-state index in [0.29, 0.717) is 19.4 Å². The summed E-state index contributed by atoms with van der Waals surface area (Å²) in [7, 11) is 2.31. The molecule has 1 saturated heterocycles. The Morgan fingerprint density at radius 3 is 2.10 bits per heavy atom. The molecule has 29 heavy (non-hydrogen) atoms. The average Bonchev–Trinajstić information content (AvgIpc) is 3.06. The van der Waals surface area contributed by atoms with Gasteiger partial charge in [-0.15, -0.1) is 0 Å². The minimum atomic E-state index is -0.471. The SMILES string of the molecule is Cc1cccc(C)c1C(C[N+]1(C)CCCC1)OCCCc1c(F)cccc1F.[I-]. The van der Waals surface area contributed by atoms with E-state index in [1.54, 1.807) is 0 Å². The lowest BCUT2D eigenvalue weighted by molar-refractivity contribution is -0.901. The van der Waals surface area contributed by atoms with Crippen LogP contribution in [0.25, 0.3) is 0 Å². The summed E-state index contributed by atoms with van der Waals surface area (Å²) in [6, 6.07) is 10.4. The van der Waals surface area contributed by atoms with E-state index in [2.05, 4.69) is 39.1 Å². The molecule has 160 valence electrons. The largest absolute Gasteiger partial charge is 1.00 e. The topological polar surface area (TPSA) is 9.23 Å². The monoisotopic (exact) mass is 515 g/mol. The van der Waals surface area contributed by atoms with Crippen molar-refractivity contribution in [3.63, 3.8) is 0 Å². The van der Waals surface area contributed by atoms with Gasteiger partial charge in [0.15, 0.2) is 0 Å². The summed E-state index contributed by atoms with van der Waals surface area (Å²) in [5.74, 6) is -0.942. The molecule has 1 fully saturated rings. The van der Waals surface area contributed by atoms with Crippen molar-refractivity contribution < 1.29 is 42.0 Å². The summed E-state index contributed by atoms with van der Waals surface area (Å²) in [5, 5.41) is 0. The Morgan fingerprint density at radius 1 is 0.966 bits per heavy atom. The van der Waals surface area contributed by atoms with Gasteiger partial charge in [-0.1, -0.05) is 24.3 Å². The van der Waals surface area contributed by atoms with Gasteiger partial charge in [0.05, 0.1) is 20.1 Å². The maximum Gasteiger partial charge on any atom is 0.132 e. The van der Waals surface area contributed by atoms with Gasteiger partial charge < -0.3 is 33.2 Å². The number of aryl methyl sites for hydroxylation is 2. The van der Waals surface area contributed by atoms with E-state index in [0.717, 1.165) is 11.0 Å². The first-order valence-corrected chi connectivity index (χ1v) is 10.3. The Hall–Kier alpha value is -1.05. The highest BCUT2D eigenvalue weighted by molar-refractivity contribution is 5.35. The second-order valence-corrected chi connectivity index (χ2v) is 8.43. The molecule has 0 amide bonds. The third-order valence-corrected chi connectivity index (χ3v) is 6.07. The summed E-state index contributed by atoms with van der Waals surface area (Å²) in [4.78, 5) is 0. The first kappa shape index (κ1) is 24.2. The third-order valence-electron chi connectivity index (χ3n) is 6.07. The molecule has 0 spiro atoms. The van der Waals surface area contributed by atoms with Gasteiger partial charge in [0, 0.05) is 25.0 Å². The van der Waals surface area contributed by atoms with Crippen LogP contribution in [0.15, 0.2) is 36.4 Å². The number of nitrogens with zero attached hydrogens (tertiary/aromatic N) is 1. The summed E-state index contributed by atoms with van der Waals surface area (Å²) in [6.07, 6.45) is 3.49. The maximum absolute atomic E-state index is 13.8. The smallest absolute Gasteiger partial charge is 0.132 e. The van der Waals surface area contributed by atoms with Gasteiger partial charge in [0.1, 0.15) is 24.3 Å². The Kier molecular flexibility index (Phi) is 9.04. The fourth-order valence-electron chi connectivity index (χ4n) is 4.49. The van der Waals surface area contributed by atoms with Gasteiger partial charge >= 0.3 is 0 Å². The number of hydrogen-bond donors (Lipinski definition) is 0. The van der Waals surface area contributed by atoms with Crippen LogP contribution >= 0.6 is 0 Å². The molecule has 1 aliphatic rings. The molecule has 1 atom stereocenters. The van der Waals surface area contributed by atoms with Crippen molar-refractivity contribution in [1.82, 2.24) is 0 Å². The zero-order valence-corrected chi connectivity index (χ0v) is 19.8. The van der Waals surface area contributed by atoms with Gasteiger partial charge in [0.2, 0.25) is 0 Å². The molecule has 1 unspecified atom stereocenters. The maximum atomic E-state index is 13.8. The Labute approximate surface area is 190 Å². The van der Waals surface area contributed by atoms with Gasteiger partial charge in [-0.3, -0.25) is 0 Å². The molecule has 2 nitrogen and oxygen atoms in total. The standard InChI is InChI=1S/C24H32F2NO.HI/c1-18-9-6-10-19(2)24(18)23(17-27(3)14-4-5-15-27)28-16-8-11-20-21(25)12-7-13-22(20)26;/h6-7,9-10,12-13,23H,4-5,8,11,14-17H2,1-3H3;1H/q+1;/p-1. The minimum Gasteiger partial charge on any atom is -1.00 e. The van der Waals surface area contributed by atoms with Gasteiger partial charge in [-0.25, -0.2) is 8.78 Å². The fraction of sp³-hybridized carbons (Fsp3) is 0.500. The zero-order chi connectivity index (χ0) is 20.1. The Bertz CT molecular complexity index is 765. The van der Waals surface area contributed by atoms with E-state index in [1.807, 2.05) is 0 Å². The van der Waals surface area contributed by atoms with Crippen molar-refractivity contribution in [2.24, 2.45) is 0 Å². The van der Waals surface area contributed by atoms with E-state index >= 15 is 0 Å². The molecule has 0 aromatic heterocycles. The summed E-state index contributed by atoms with van der Waals surface area (Å²) >= 11 is 0. The zero-order valence-electron chi connectivity index (χ0n) is 17.7. The van der Waals surface area contributed by atoms with Crippen LogP contribution in [-0.2, 0) is 11.2 Å². The van der Waals surface area contributed by atoms with Crippen LogP contribution < -0.4 is 24.0 Å². The normalized spacial score (nSPS) is 16.4. The van der Waals surface area contributed by atoms with Crippen molar-refractivity contribution in [1.29, 1.82) is 0 Å². The van der Waals surface area contributed by atoms with Crippen molar-refractivity contribution in [3.8, 4) is 0 Å². The highest BCUT2D eigenvalue weighted by Crippen LogP contribution is 2.30. The van der Waals surface area contributed by atoms with E-state index in [4.69, 9.17) is 4.74 Å². The summed E-state index contributed by atoms with van der Waals surface area (Å²) in [6.45, 7) is 8.08. The van der Waals surface area contributed by atoms with Crippen LogP contribution in [-0.4, -0.2) is 37.8 Å². The highest BCUT2D eigenvalue weighted by Gasteiger charge is 2.32. The first-order chi connectivity index (χ1) is 13.4. The lowest BCUT2D eigenvalue weighted by atomic mass is 9.97. The second kappa shape index (κ2) is 10.8. The number of quaternary nitrogens is 1. The van der Waals surface area contributed by atoms with Crippen molar-refractivity contribution >= 4 is 0 Å². The molecule has 0 aliphatic carbocycles. The number of hydrogen-bond acceptors (Lipinski definition) is 1. The average molecular weight is 515 g/mol. The molecule has 0 saturated carbocycles. The van der Waals surface area contributed by atoms with Crippen LogP contribution in [0.4, 0.5) is 8.78 Å². The van der Waals surface area contributed by atoms with Crippen molar-refractivity contribution in [2.75, 3.05) is 33.3 Å². The molecular weight excluding hydrogens is 483 g/mol. The number of halogens is 3. The number of likely N-dealkylation sites (N-methyl/N-ethyl adjacent to an activating group) is 1. The number of rotatable bonds is 8. The number of benzene rings is 2. The van der Waals surface area contributed by atoms with Crippen LogP contribution in [0.2, 0.25) is 0 Å². The number of likely N-dealkylation sites (tertiary alicyclic amines) is 1. The fourth-order valence-corrected chi connectivity index (χ4v) is 4.49. The van der Waals surface area contributed by atoms with E-state index in [9.17, 15) is 8.78 Å². The predicted molar refractivity (Wildman–Crippen MR) is 109 cm³/mol. The predicted octanol–water partition coefficient (Wildman–Crippen LogP) is 2.52. The molecule has 1 heterocycles. The molecule has 0 radical (unpaired) electrons. The quantitative estimate of drug-likeness (QED) is 0.299. The van der Waals surface area contributed by atoms with Gasteiger partial charge in [-0.05, 0) is 55.5 Å². The van der Waals surface area contributed by atoms with Crippen LogP contribution in [0, 0.1) is 25.5 Å². The molecule has 2 aromatic carbocycles. The minimum absolute atomic E-state index is 0. The van der Waals surface area contributed by atoms with E-state index in [-0.39, 0.29) is 35.6 Å². The lowest BCUT2D eigenvalue weighted by Crippen LogP contribution is -3.00. The third kappa shape index (κ3) is 6.22. The molecule has 2 aromatic rings. The highest BCUT2D eigenvalue weighted by atomic mass is 127. The summed E-state index contributed by atoms with van der Waals surface area (Å²) in [5.41, 5.74) is 3.92. The molecule has 5 heteroatoms. The van der Waals surface area contributed by atoms with E-state index < -0.39 is 11.6 Å². The molecule has 0 N–H and O–H groups in total.